The summed E-state index contributed by atoms with van der Waals surface area (Å²) in [5.41, 5.74) is 0.928. The highest BCUT2D eigenvalue weighted by Crippen LogP contribution is 2.09. The minimum atomic E-state index is -0.204. The van der Waals surface area contributed by atoms with E-state index in [4.69, 9.17) is 11.6 Å². The molecule has 0 aromatic heterocycles. The number of nitrogens with zero attached hydrogens (tertiary/aromatic N) is 1. The number of benzene rings is 1. The maximum atomic E-state index is 12.6. The predicted molar refractivity (Wildman–Crippen MR) is 107 cm³/mol. The lowest BCUT2D eigenvalue weighted by atomic mass is 10.1. The Balaban J connectivity index is 1.73. The molecule has 1 saturated heterocycles. The molecule has 3 N–H and O–H groups in total. The number of hydrogen-bond acceptors (Lipinski definition) is 2. The number of quaternary nitrogens is 2. The fraction of sp³-hybridized carbons (Fsp3) is 0.600. The van der Waals surface area contributed by atoms with Crippen LogP contribution in [0.1, 0.15) is 26.3 Å². The van der Waals surface area contributed by atoms with Gasteiger partial charge in [0, 0.05) is 16.1 Å². The first-order valence-corrected chi connectivity index (χ1v) is 9.98. The van der Waals surface area contributed by atoms with E-state index >= 15 is 0 Å². The minimum absolute atomic E-state index is 0.0722. The van der Waals surface area contributed by atoms with Crippen molar-refractivity contribution in [3.63, 3.8) is 0 Å². The summed E-state index contributed by atoms with van der Waals surface area (Å²) >= 11 is 6.03. The van der Waals surface area contributed by atoms with Gasteiger partial charge in [-0.2, -0.15) is 0 Å². The van der Waals surface area contributed by atoms with Crippen LogP contribution in [0.3, 0.4) is 0 Å². The lowest BCUT2D eigenvalue weighted by Gasteiger charge is -2.32. The Morgan fingerprint density at radius 1 is 1.26 bits per heavy atom. The quantitative estimate of drug-likeness (QED) is 0.577. The van der Waals surface area contributed by atoms with E-state index in [2.05, 4.69) is 5.32 Å². The molecule has 1 fully saturated rings. The van der Waals surface area contributed by atoms with Gasteiger partial charge in [0.25, 0.3) is 11.8 Å². The van der Waals surface area contributed by atoms with Crippen molar-refractivity contribution >= 4 is 23.4 Å². The molecular formula is C20H33ClN4O2+2. The third kappa shape index (κ3) is 7.87. The first-order chi connectivity index (χ1) is 12.6. The van der Waals surface area contributed by atoms with E-state index in [1.165, 1.54) is 4.90 Å². The lowest BCUT2D eigenvalue weighted by Crippen LogP contribution is -3.16. The third-order valence-corrected chi connectivity index (χ3v) is 4.83. The molecule has 27 heavy (non-hydrogen) atoms. The molecule has 1 aromatic rings. The van der Waals surface area contributed by atoms with E-state index in [1.807, 2.05) is 57.0 Å². The maximum absolute atomic E-state index is 12.6. The third-order valence-electron chi connectivity index (χ3n) is 4.60. The second-order valence-corrected chi connectivity index (χ2v) is 8.98. The number of halogens is 1. The van der Waals surface area contributed by atoms with Crippen LogP contribution in [0.4, 0.5) is 0 Å². The maximum Gasteiger partial charge on any atom is 0.278 e. The van der Waals surface area contributed by atoms with Crippen molar-refractivity contribution in [2.45, 2.75) is 32.9 Å². The van der Waals surface area contributed by atoms with Crippen LogP contribution in [0.25, 0.3) is 0 Å². The molecule has 1 unspecified atom stereocenters. The van der Waals surface area contributed by atoms with Crippen LogP contribution in [0.2, 0.25) is 5.02 Å². The molecule has 0 aliphatic carbocycles. The number of likely N-dealkylation sites (N-methyl/N-ethyl adjacent to an activating group) is 1. The average Bonchev–Trinajstić information content (AvgIpc) is 2.53. The molecule has 0 bridgehead atoms. The number of amides is 2. The van der Waals surface area contributed by atoms with Crippen molar-refractivity contribution in [3.8, 4) is 0 Å². The molecular weight excluding hydrogens is 364 g/mol. The fourth-order valence-electron chi connectivity index (χ4n) is 3.37. The molecule has 7 heteroatoms. The zero-order chi connectivity index (χ0) is 20.0. The molecule has 6 nitrogen and oxygen atoms in total. The Morgan fingerprint density at radius 2 is 1.93 bits per heavy atom. The molecule has 1 aromatic carbocycles. The number of piperazine rings is 1. The molecule has 1 aliphatic rings. The summed E-state index contributed by atoms with van der Waals surface area (Å²) in [5, 5.41) is 3.72. The Morgan fingerprint density at radius 3 is 2.52 bits per heavy atom. The van der Waals surface area contributed by atoms with Crippen LogP contribution >= 0.6 is 11.6 Å². The van der Waals surface area contributed by atoms with E-state index in [-0.39, 0.29) is 17.4 Å². The van der Waals surface area contributed by atoms with Crippen LogP contribution in [0.5, 0.6) is 0 Å². The molecule has 0 spiro atoms. The van der Waals surface area contributed by atoms with Gasteiger partial charge in [0.05, 0.1) is 33.2 Å². The summed E-state index contributed by atoms with van der Waals surface area (Å²) in [5.74, 6) is 0.246. The van der Waals surface area contributed by atoms with Crippen molar-refractivity contribution in [3.05, 3.63) is 34.9 Å². The number of nitrogens with one attached hydrogen (secondary N) is 3. The van der Waals surface area contributed by atoms with Crippen molar-refractivity contribution in [2.24, 2.45) is 0 Å². The van der Waals surface area contributed by atoms with E-state index < -0.39 is 0 Å². The standard InChI is InChI=1S/C20H31ClN4O2/c1-20(2,3)22-18(26)14-24-8-10-25(11-9-24)19(27)15-23(4)13-16-6-5-7-17(21)12-16/h5-7,12H,8-11,13-15H2,1-4H3,(H,22,26)/p+2. The topological polar surface area (TPSA) is 58.3 Å². The molecule has 2 amide bonds. The Bertz CT molecular complexity index is 652. The summed E-state index contributed by atoms with van der Waals surface area (Å²) < 4.78 is 0. The highest BCUT2D eigenvalue weighted by atomic mass is 35.5. The SMILES string of the molecule is C[NH+](CC(=O)N1CC[NH+](CC(=O)NC(C)(C)C)CC1)Cc1cccc(Cl)c1. The van der Waals surface area contributed by atoms with Crippen LogP contribution in [0, 0.1) is 0 Å². The highest BCUT2D eigenvalue weighted by Gasteiger charge is 2.27. The van der Waals surface area contributed by atoms with Gasteiger partial charge in [-0.1, -0.05) is 23.7 Å². The number of carbonyl (C=O) groups excluding carboxylic acids is 2. The van der Waals surface area contributed by atoms with Gasteiger partial charge in [0.15, 0.2) is 13.1 Å². The normalized spacial score (nSPS) is 16.9. The summed E-state index contributed by atoms with van der Waals surface area (Å²) in [4.78, 5) is 28.9. The monoisotopic (exact) mass is 396 g/mol. The van der Waals surface area contributed by atoms with Gasteiger partial charge in [-0.05, 0) is 32.9 Å². The summed E-state index contributed by atoms with van der Waals surface area (Å²) in [6.07, 6.45) is 0. The molecule has 1 atom stereocenters. The van der Waals surface area contributed by atoms with Crippen molar-refractivity contribution in [1.82, 2.24) is 10.2 Å². The number of rotatable bonds is 6. The number of carbonyl (C=O) groups is 2. The first-order valence-electron chi connectivity index (χ1n) is 9.60. The largest absolute Gasteiger partial charge is 0.347 e. The van der Waals surface area contributed by atoms with Crippen LogP contribution in [-0.4, -0.2) is 68.6 Å². The van der Waals surface area contributed by atoms with E-state index in [0.29, 0.717) is 26.2 Å². The van der Waals surface area contributed by atoms with Crippen molar-refractivity contribution in [2.75, 3.05) is 46.3 Å². The van der Waals surface area contributed by atoms with Gasteiger partial charge in [0.1, 0.15) is 6.54 Å². The smallest absolute Gasteiger partial charge is 0.278 e. The fourth-order valence-corrected chi connectivity index (χ4v) is 3.58. The molecule has 1 aliphatic heterocycles. The van der Waals surface area contributed by atoms with Crippen molar-refractivity contribution in [1.29, 1.82) is 0 Å². The molecule has 1 heterocycles. The first kappa shape index (κ1) is 21.7. The summed E-state index contributed by atoms with van der Waals surface area (Å²) in [6.45, 7) is 10.7. The summed E-state index contributed by atoms with van der Waals surface area (Å²) in [6, 6.07) is 7.77. The summed E-state index contributed by atoms with van der Waals surface area (Å²) in [7, 11) is 2.02. The van der Waals surface area contributed by atoms with Gasteiger partial charge in [0.2, 0.25) is 0 Å². The van der Waals surface area contributed by atoms with E-state index in [1.54, 1.807) is 0 Å². The van der Waals surface area contributed by atoms with Gasteiger partial charge in [-0.15, -0.1) is 0 Å². The Kier molecular flexibility index (Phi) is 7.65. The van der Waals surface area contributed by atoms with Crippen molar-refractivity contribution < 1.29 is 19.4 Å². The molecule has 0 saturated carbocycles. The zero-order valence-electron chi connectivity index (χ0n) is 16.9. The minimum Gasteiger partial charge on any atom is -0.347 e. The van der Waals surface area contributed by atoms with E-state index in [0.717, 1.165) is 35.1 Å². The Labute approximate surface area is 167 Å². The molecule has 150 valence electrons. The average molecular weight is 397 g/mol. The van der Waals surface area contributed by atoms with Crippen LogP contribution < -0.4 is 15.1 Å². The molecule has 2 rings (SSSR count). The van der Waals surface area contributed by atoms with Gasteiger partial charge < -0.3 is 20.0 Å². The van der Waals surface area contributed by atoms with Gasteiger partial charge in [-0.25, -0.2) is 0 Å². The van der Waals surface area contributed by atoms with Crippen LogP contribution in [0.15, 0.2) is 24.3 Å². The van der Waals surface area contributed by atoms with Crippen LogP contribution in [-0.2, 0) is 16.1 Å². The second-order valence-electron chi connectivity index (χ2n) is 8.55. The predicted octanol–water partition coefficient (Wildman–Crippen LogP) is -1.00. The van der Waals surface area contributed by atoms with Gasteiger partial charge >= 0.3 is 0 Å². The van der Waals surface area contributed by atoms with E-state index in [9.17, 15) is 9.59 Å². The Hall–Kier alpha value is -1.63. The zero-order valence-corrected chi connectivity index (χ0v) is 17.7. The lowest BCUT2D eigenvalue weighted by molar-refractivity contribution is -0.897. The molecule has 0 radical (unpaired) electrons. The highest BCUT2D eigenvalue weighted by molar-refractivity contribution is 6.30. The second kappa shape index (κ2) is 9.53. The number of hydrogen-bond donors (Lipinski definition) is 3. The van der Waals surface area contributed by atoms with Gasteiger partial charge in [-0.3, -0.25) is 9.59 Å².